The number of aryl methyl sites for hydroxylation is 1. The molecule has 1 heterocycles. The molecule has 0 aliphatic heterocycles. The van der Waals surface area contributed by atoms with Gasteiger partial charge in [0.05, 0.1) is 11.2 Å². The third-order valence-electron chi connectivity index (χ3n) is 3.22. The number of halogens is 1. The topological polar surface area (TPSA) is 46.1 Å². The van der Waals surface area contributed by atoms with E-state index in [-0.39, 0.29) is 16.6 Å². The Labute approximate surface area is 135 Å². The highest BCUT2D eigenvalue weighted by Crippen LogP contribution is 2.15. The van der Waals surface area contributed by atoms with E-state index in [0.29, 0.717) is 18.9 Å². The Balaban J connectivity index is 2.14. The number of carbonyl (C=O) groups excluding carboxylic acids is 1. The van der Waals surface area contributed by atoms with Crippen LogP contribution in [-0.4, -0.2) is 33.9 Å². The maximum Gasteiger partial charge on any atom is 0.274 e. The van der Waals surface area contributed by atoms with Crippen LogP contribution in [0.15, 0.2) is 49.2 Å². The molecular weight excluding hydrogens is 298 g/mol. The summed E-state index contributed by atoms with van der Waals surface area (Å²) in [4.78, 5) is 22.5. The predicted molar refractivity (Wildman–Crippen MR) is 88.0 cm³/mol. The van der Waals surface area contributed by atoms with Crippen molar-refractivity contribution in [3.05, 3.63) is 71.3 Å². The van der Waals surface area contributed by atoms with Gasteiger partial charge in [0.2, 0.25) is 0 Å². The lowest BCUT2D eigenvalue weighted by molar-refractivity contribution is 0.0769. The van der Waals surface area contributed by atoms with Crippen molar-refractivity contribution in [2.45, 2.75) is 13.3 Å². The van der Waals surface area contributed by atoms with E-state index in [2.05, 4.69) is 16.5 Å². The lowest BCUT2D eigenvalue weighted by Gasteiger charge is -2.21. The largest absolute Gasteiger partial charge is 0.333 e. The van der Waals surface area contributed by atoms with Gasteiger partial charge in [0.25, 0.3) is 5.91 Å². The van der Waals surface area contributed by atoms with E-state index >= 15 is 0 Å². The van der Waals surface area contributed by atoms with Crippen LogP contribution in [-0.2, 0) is 6.42 Å². The Bertz CT molecular complexity index is 658. The van der Waals surface area contributed by atoms with Gasteiger partial charge in [-0.3, -0.25) is 4.79 Å². The van der Waals surface area contributed by atoms with Crippen molar-refractivity contribution >= 4 is 17.5 Å². The summed E-state index contributed by atoms with van der Waals surface area (Å²) in [5.41, 5.74) is 1.42. The number of amides is 1. The monoisotopic (exact) mass is 315 g/mol. The van der Waals surface area contributed by atoms with Crippen molar-refractivity contribution in [1.82, 2.24) is 14.9 Å². The van der Waals surface area contributed by atoms with Crippen LogP contribution in [0.2, 0.25) is 5.02 Å². The maximum absolute atomic E-state index is 12.6. The molecular formula is C17H18ClN3O. The Kier molecular flexibility index (Phi) is 5.67. The van der Waals surface area contributed by atoms with E-state index in [1.807, 2.05) is 30.3 Å². The molecule has 0 aliphatic carbocycles. The van der Waals surface area contributed by atoms with E-state index in [1.54, 1.807) is 17.9 Å². The number of carbonyl (C=O) groups is 1. The molecule has 0 fully saturated rings. The number of benzene rings is 1. The lowest BCUT2D eigenvalue weighted by Crippen LogP contribution is -2.34. The first kappa shape index (κ1) is 16.2. The first-order valence-corrected chi connectivity index (χ1v) is 7.43. The van der Waals surface area contributed by atoms with Crippen LogP contribution in [0, 0.1) is 6.92 Å². The van der Waals surface area contributed by atoms with Crippen LogP contribution < -0.4 is 0 Å². The maximum atomic E-state index is 12.6. The zero-order valence-corrected chi connectivity index (χ0v) is 13.3. The van der Waals surface area contributed by atoms with Gasteiger partial charge in [0, 0.05) is 13.1 Å². The Hall–Kier alpha value is -2.20. The van der Waals surface area contributed by atoms with Gasteiger partial charge in [-0.15, -0.1) is 6.58 Å². The summed E-state index contributed by atoms with van der Waals surface area (Å²) in [6.07, 6.45) is 3.92. The molecule has 0 unspecified atom stereocenters. The molecule has 1 amide bonds. The van der Waals surface area contributed by atoms with Gasteiger partial charge < -0.3 is 4.90 Å². The number of hydrogen-bond acceptors (Lipinski definition) is 3. The smallest absolute Gasteiger partial charge is 0.274 e. The minimum Gasteiger partial charge on any atom is -0.333 e. The van der Waals surface area contributed by atoms with Gasteiger partial charge in [-0.2, -0.15) is 0 Å². The molecule has 114 valence electrons. The first-order valence-electron chi connectivity index (χ1n) is 7.05. The summed E-state index contributed by atoms with van der Waals surface area (Å²) >= 11 is 6.05. The zero-order valence-electron chi connectivity index (χ0n) is 12.5. The molecule has 0 saturated carbocycles. The SMILES string of the molecule is C=CCN(CCc1ccccc1)C(=O)c1nc(C)ncc1Cl. The van der Waals surface area contributed by atoms with E-state index in [1.165, 1.54) is 11.8 Å². The number of hydrogen-bond donors (Lipinski definition) is 0. The lowest BCUT2D eigenvalue weighted by atomic mass is 10.1. The van der Waals surface area contributed by atoms with Crippen LogP contribution in [0.1, 0.15) is 21.9 Å². The average molecular weight is 316 g/mol. The Morgan fingerprint density at radius 2 is 2.09 bits per heavy atom. The van der Waals surface area contributed by atoms with Crippen molar-refractivity contribution in [2.75, 3.05) is 13.1 Å². The van der Waals surface area contributed by atoms with Crippen molar-refractivity contribution in [3.8, 4) is 0 Å². The number of rotatable bonds is 6. The van der Waals surface area contributed by atoms with Gasteiger partial charge in [-0.1, -0.05) is 48.0 Å². The summed E-state index contributed by atoms with van der Waals surface area (Å²) in [5.74, 6) is 0.320. The summed E-state index contributed by atoms with van der Waals surface area (Å²) in [6, 6.07) is 10.0. The van der Waals surface area contributed by atoms with Gasteiger partial charge in [0.15, 0.2) is 5.69 Å². The molecule has 1 aromatic carbocycles. The van der Waals surface area contributed by atoms with Gasteiger partial charge >= 0.3 is 0 Å². The van der Waals surface area contributed by atoms with Crippen molar-refractivity contribution in [3.63, 3.8) is 0 Å². The number of nitrogens with zero attached hydrogens (tertiary/aromatic N) is 3. The van der Waals surface area contributed by atoms with Crippen LogP contribution in [0.5, 0.6) is 0 Å². The highest BCUT2D eigenvalue weighted by molar-refractivity contribution is 6.33. The third-order valence-corrected chi connectivity index (χ3v) is 3.49. The minimum atomic E-state index is -0.202. The van der Waals surface area contributed by atoms with E-state index in [9.17, 15) is 4.79 Å². The summed E-state index contributed by atoms with van der Waals surface area (Å²) in [5, 5.41) is 0.268. The molecule has 0 spiro atoms. The van der Waals surface area contributed by atoms with Crippen molar-refractivity contribution in [2.24, 2.45) is 0 Å². The Morgan fingerprint density at radius 1 is 1.36 bits per heavy atom. The van der Waals surface area contributed by atoms with E-state index in [4.69, 9.17) is 11.6 Å². The molecule has 0 radical (unpaired) electrons. The van der Waals surface area contributed by atoms with Gasteiger partial charge in [-0.25, -0.2) is 9.97 Å². The minimum absolute atomic E-state index is 0.202. The quantitative estimate of drug-likeness (QED) is 0.768. The second-order valence-corrected chi connectivity index (χ2v) is 5.30. The van der Waals surface area contributed by atoms with Crippen molar-refractivity contribution in [1.29, 1.82) is 0 Å². The average Bonchev–Trinajstić information content (AvgIpc) is 2.54. The standard InChI is InChI=1S/C17H18ClN3O/c1-3-10-21(11-9-14-7-5-4-6-8-14)17(22)16-15(18)12-19-13(2)20-16/h3-8,12H,1,9-11H2,2H3. The molecule has 4 nitrogen and oxygen atoms in total. The van der Waals surface area contributed by atoms with Crippen molar-refractivity contribution < 1.29 is 4.79 Å². The molecule has 2 rings (SSSR count). The van der Waals surface area contributed by atoms with Crippen LogP contribution in [0.3, 0.4) is 0 Å². The fourth-order valence-corrected chi connectivity index (χ4v) is 2.27. The van der Waals surface area contributed by atoms with Gasteiger partial charge in [0.1, 0.15) is 5.82 Å². The molecule has 0 aliphatic rings. The predicted octanol–water partition coefficient (Wildman–Crippen LogP) is 3.31. The normalized spacial score (nSPS) is 10.3. The highest BCUT2D eigenvalue weighted by Gasteiger charge is 2.19. The fraction of sp³-hybridized carbons (Fsp3) is 0.235. The molecule has 0 bridgehead atoms. The zero-order chi connectivity index (χ0) is 15.9. The number of aromatic nitrogens is 2. The second kappa shape index (κ2) is 7.71. The fourth-order valence-electron chi connectivity index (χ4n) is 2.10. The molecule has 2 aromatic rings. The van der Waals surface area contributed by atoms with Crippen LogP contribution in [0.25, 0.3) is 0 Å². The summed E-state index contributed by atoms with van der Waals surface area (Å²) < 4.78 is 0. The highest BCUT2D eigenvalue weighted by atomic mass is 35.5. The van der Waals surface area contributed by atoms with Gasteiger partial charge in [-0.05, 0) is 18.9 Å². The molecule has 22 heavy (non-hydrogen) atoms. The first-order chi connectivity index (χ1) is 10.6. The summed E-state index contributed by atoms with van der Waals surface area (Å²) in [6.45, 7) is 6.47. The molecule has 1 aromatic heterocycles. The molecule has 5 heteroatoms. The molecule has 0 atom stereocenters. The van der Waals surface area contributed by atoms with Crippen LogP contribution >= 0.6 is 11.6 Å². The molecule has 0 N–H and O–H groups in total. The van der Waals surface area contributed by atoms with E-state index in [0.717, 1.165) is 6.42 Å². The third kappa shape index (κ3) is 4.15. The molecule has 0 saturated heterocycles. The second-order valence-electron chi connectivity index (χ2n) is 4.89. The van der Waals surface area contributed by atoms with Crippen LogP contribution in [0.4, 0.5) is 0 Å². The summed E-state index contributed by atoms with van der Waals surface area (Å²) in [7, 11) is 0. The van der Waals surface area contributed by atoms with E-state index < -0.39 is 0 Å². The Morgan fingerprint density at radius 3 is 2.77 bits per heavy atom.